The molecule has 1 unspecified atom stereocenters. The van der Waals surface area contributed by atoms with E-state index in [9.17, 15) is 13.5 Å². The van der Waals surface area contributed by atoms with Crippen LogP contribution in [0.4, 0.5) is 0 Å². The largest absolute Gasteiger partial charge is 0.391 e. The fourth-order valence-corrected chi connectivity index (χ4v) is 4.90. The third-order valence-electron chi connectivity index (χ3n) is 3.64. The first-order valence-electron chi connectivity index (χ1n) is 5.95. The fourth-order valence-electron chi connectivity index (χ4n) is 2.16. The molecule has 4 nitrogen and oxygen atoms in total. The average Bonchev–Trinajstić information content (AvgIpc) is 2.69. The van der Waals surface area contributed by atoms with Gasteiger partial charge in [0.15, 0.2) is 0 Å². The summed E-state index contributed by atoms with van der Waals surface area (Å²) in [7, 11) is -3.50. The molecule has 0 aliphatic heterocycles. The molecule has 1 atom stereocenters. The molecule has 102 valence electrons. The lowest BCUT2D eigenvalue weighted by Crippen LogP contribution is -2.27. The normalized spacial score (nSPS) is 22.1. The molecule has 1 aliphatic carbocycles. The molecule has 0 radical (unpaired) electrons. The number of aliphatic hydroxyl groups excluding tert-OH is 1. The van der Waals surface area contributed by atoms with Crippen LogP contribution in [0, 0.1) is 18.3 Å². The molecule has 18 heavy (non-hydrogen) atoms. The molecule has 1 aliphatic rings. The molecule has 0 spiro atoms. The number of rotatable bonds is 5. The Bertz CT molecular complexity index is 546. The van der Waals surface area contributed by atoms with Gasteiger partial charge in [0.2, 0.25) is 10.0 Å². The maximum atomic E-state index is 12.2. The van der Waals surface area contributed by atoms with E-state index in [1.165, 1.54) is 11.3 Å². The first-order valence-corrected chi connectivity index (χ1v) is 8.31. The average molecular weight is 289 g/mol. The van der Waals surface area contributed by atoms with Crippen molar-refractivity contribution in [2.24, 2.45) is 11.3 Å². The fraction of sp³-hybridized carbons (Fsp3) is 0.667. The first-order chi connectivity index (χ1) is 8.28. The highest BCUT2D eigenvalue weighted by Gasteiger charge is 2.45. The number of hydrogen-bond acceptors (Lipinski definition) is 4. The van der Waals surface area contributed by atoms with Crippen molar-refractivity contribution in [3.63, 3.8) is 0 Å². The van der Waals surface area contributed by atoms with E-state index in [-0.39, 0.29) is 16.9 Å². The SMILES string of the molecule is Cc1csc(CO)c1S(=O)(=O)NCC1CC1(C)C. The molecule has 2 N–H and O–H groups in total. The molecular formula is C12H19NO3S2. The van der Waals surface area contributed by atoms with Gasteiger partial charge in [-0.05, 0) is 35.6 Å². The molecule has 0 amide bonds. The number of thiophene rings is 1. The van der Waals surface area contributed by atoms with E-state index in [2.05, 4.69) is 18.6 Å². The van der Waals surface area contributed by atoms with Gasteiger partial charge in [-0.3, -0.25) is 0 Å². The number of aryl methyl sites for hydroxylation is 1. The van der Waals surface area contributed by atoms with Crippen molar-refractivity contribution >= 4 is 21.4 Å². The maximum absolute atomic E-state index is 12.2. The van der Waals surface area contributed by atoms with Crippen LogP contribution in [0.25, 0.3) is 0 Å². The zero-order valence-electron chi connectivity index (χ0n) is 10.9. The van der Waals surface area contributed by atoms with Crippen molar-refractivity contribution in [1.82, 2.24) is 4.72 Å². The van der Waals surface area contributed by atoms with Gasteiger partial charge in [0.25, 0.3) is 0 Å². The van der Waals surface area contributed by atoms with Crippen molar-refractivity contribution in [3.05, 3.63) is 15.8 Å². The number of aliphatic hydroxyl groups is 1. The summed E-state index contributed by atoms with van der Waals surface area (Å²) in [6.45, 7) is 6.28. The molecule has 2 rings (SSSR count). The number of hydrogen-bond donors (Lipinski definition) is 2. The van der Waals surface area contributed by atoms with Crippen molar-refractivity contribution in [2.45, 2.75) is 38.7 Å². The predicted octanol–water partition coefficient (Wildman–Crippen LogP) is 1.87. The zero-order valence-corrected chi connectivity index (χ0v) is 12.5. The van der Waals surface area contributed by atoms with Crippen molar-refractivity contribution in [1.29, 1.82) is 0 Å². The van der Waals surface area contributed by atoms with Crippen LogP contribution in [-0.4, -0.2) is 20.1 Å². The summed E-state index contributed by atoms with van der Waals surface area (Å²) >= 11 is 1.28. The van der Waals surface area contributed by atoms with Gasteiger partial charge in [-0.1, -0.05) is 13.8 Å². The van der Waals surface area contributed by atoms with Crippen LogP contribution < -0.4 is 4.72 Å². The van der Waals surface area contributed by atoms with E-state index >= 15 is 0 Å². The third kappa shape index (κ3) is 2.61. The summed E-state index contributed by atoms with van der Waals surface area (Å²) in [5.41, 5.74) is 0.957. The van der Waals surface area contributed by atoms with Crippen LogP contribution in [-0.2, 0) is 16.6 Å². The molecule has 1 aromatic heterocycles. The zero-order chi connectivity index (χ0) is 13.6. The first kappa shape index (κ1) is 14.0. The highest BCUT2D eigenvalue weighted by molar-refractivity contribution is 7.89. The Morgan fingerprint density at radius 1 is 1.56 bits per heavy atom. The van der Waals surface area contributed by atoms with Gasteiger partial charge in [0.1, 0.15) is 4.90 Å². The lowest BCUT2D eigenvalue weighted by atomic mass is 10.1. The summed E-state index contributed by atoms with van der Waals surface area (Å²) in [4.78, 5) is 0.767. The van der Waals surface area contributed by atoms with Gasteiger partial charge in [-0.15, -0.1) is 11.3 Å². The molecule has 1 heterocycles. The van der Waals surface area contributed by atoms with E-state index in [1.807, 2.05) is 0 Å². The van der Waals surface area contributed by atoms with E-state index in [4.69, 9.17) is 0 Å². The molecule has 0 bridgehead atoms. The monoisotopic (exact) mass is 289 g/mol. The Labute approximate surface area is 112 Å². The Hall–Kier alpha value is -0.430. The van der Waals surface area contributed by atoms with Gasteiger partial charge < -0.3 is 5.11 Å². The van der Waals surface area contributed by atoms with Gasteiger partial charge in [-0.25, -0.2) is 13.1 Å². The van der Waals surface area contributed by atoms with Crippen molar-refractivity contribution < 1.29 is 13.5 Å². The minimum atomic E-state index is -3.50. The predicted molar refractivity (Wildman–Crippen MR) is 72.1 cm³/mol. The quantitative estimate of drug-likeness (QED) is 0.869. The van der Waals surface area contributed by atoms with E-state index < -0.39 is 10.0 Å². The van der Waals surface area contributed by atoms with Crippen LogP contribution in [0.1, 0.15) is 30.7 Å². The second-order valence-electron chi connectivity index (χ2n) is 5.57. The number of nitrogens with one attached hydrogen (secondary N) is 1. The smallest absolute Gasteiger partial charge is 0.242 e. The lowest BCUT2D eigenvalue weighted by Gasteiger charge is -2.09. The Morgan fingerprint density at radius 2 is 2.17 bits per heavy atom. The molecule has 1 aromatic rings. The van der Waals surface area contributed by atoms with Crippen LogP contribution in [0.5, 0.6) is 0 Å². The molecule has 0 aromatic carbocycles. The standard InChI is InChI=1S/C12H19NO3S2/c1-8-7-17-10(6-14)11(8)18(15,16)13-5-9-4-12(9,2)3/h7,9,13-14H,4-6H2,1-3H3. The summed E-state index contributed by atoms with van der Waals surface area (Å²) in [6.07, 6.45) is 1.06. The Balaban J connectivity index is 2.13. The molecular weight excluding hydrogens is 270 g/mol. The third-order valence-corrected chi connectivity index (χ3v) is 6.51. The van der Waals surface area contributed by atoms with Crippen molar-refractivity contribution in [2.75, 3.05) is 6.54 Å². The van der Waals surface area contributed by atoms with E-state index in [0.717, 1.165) is 6.42 Å². The topological polar surface area (TPSA) is 66.4 Å². The molecule has 0 saturated heterocycles. The van der Waals surface area contributed by atoms with Crippen LogP contribution in [0.2, 0.25) is 0 Å². The Morgan fingerprint density at radius 3 is 2.67 bits per heavy atom. The molecule has 6 heteroatoms. The lowest BCUT2D eigenvalue weighted by molar-refractivity contribution is 0.282. The van der Waals surface area contributed by atoms with E-state index in [0.29, 0.717) is 22.9 Å². The molecule has 1 saturated carbocycles. The highest BCUT2D eigenvalue weighted by Crippen LogP contribution is 2.51. The minimum absolute atomic E-state index is 0.232. The summed E-state index contributed by atoms with van der Waals surface area (Å²) in [6, 6.07) is 0. The van der Waals surface area contributed by atoms with Gasteiger partial charge in [0.05, 0.1) is 11.5 Å². The number of sulfonamides is 1. The van der Waals surface area contributed by atoms with Gasteiger partial charge in [0, 0.05) is 6.54 Å². The minimum Gasteiger partial charge on any atom is -0.391 e. The maximum Gasteiger partial charge on any atom is 0.242 e. The highest BCUT2D eigenvalue weighted by atomic mass is 32.2. The second-order valence-corrected chi connectivity index (χ2v) is 8.24. The van der Waals surface area contributed by atoms with Gasteiger partial charge in [-0.2, -0.15) is 0 Å². The summed E-state index contributed by atoms with van der Waals surface area (Å²) in [5, 5.41) is 11.0. The van der Waals surface area contributed by atoms with Crippen LogP contribution >= 0.6 is 11.3 Å². The Kier molecular flexibility index (Phi) is 3.57. The summed E-state index contributed by atoms with van der Waals surface area (Å²) < 4.78 is 27.1. The van der Waals surface area contributed by atoms with Gasteiger partial charge >= 0.3 is 0 Å². The molecule has 1 fully saturated rings. The van der Waals surface area contributed by atoms with Crippen LogP contribution in [0.3, 0.4) is 0 Å². The van der Waals surface area contributed by atoms with Crippen LogP contribution in [0.15, 0.2) is 10.3 Å². The second kappa shape index (κ2) is 4.59. The van der Waals surface area contributed by atoms with Crippen molar-refractivity contribution in [3.8, 4) is 0 Å². The van der Waals surface area contributed by atoms with E-state index in [1.54, 1.807) is 12.3 Å². The summed E-state index contributed by atoms with van der Waals surface area (Å²) in [5.74, 6) is 0.420.